The third kappa shape index (κ3) is 3.71. The van der Waals surface area contributed by atoms with E-state index in [0.29, 0.717) is 12.0 Å². The second-order valence-electron chi connectivity index (χ2n) is 5.22. The molecule has 1 aromatic rings. The maximum Gasteiger partial charge on any atom is 0.226 e. The lowest BCUT2D eigenvalue weighted by atomic mass is 10.0. The summed E-state index contributed by atoms with van der Waals surface area (Å²) in [7, 11) is 0. The van der Waals surface area contributed by atoms with Crippen LogP contribution in [0.1, 0.15) is 43.7 Å². The molecule has 1 heterocycles. The number of hydrogen-bond donors (Lipinski definition) is 0. The number of likely N-dealkylation sites (tertiary alicyclic amines) is 1. The predicted octanol–water partition coefficient (Wildman–Crippen LogP) is 3.36. The first kappa shape index (κ1) is 14.3. The van der Waals surface area contributed by atoms with Gasteiger partial charge in [0.15, 0.2) is 0 Å². The normalized spacial score (nSPS) is 15.8. The Hall–Kier alpha value is -2.08. The Bertz CT molecular complexity index is 531. The minimum atomic E-state index is 0.220. The summed E-state index contributed by atoms with van der Waals surface area (Å²) in [6, 6.07) is 9.57. The number of benzene rings is 1. The van der Waals surface area contributed by atoms with Crippen LogP contribution < -0.4 is 0 Å². The molecular weight excluding hydrogens is 248 g/mol. The van der Waals surface area contributed by atoms with Gasteiger partial charge in [0.2, 0.25) is 5.91 Å². The zero-order chi connectivity index (χ0) is 14.4. The Morgan fingerprint density at radius 3 is 2.50 bits per heavy atom. The highest BCUT2D eigenvalue weighted by atomic mass is 16.2. The second-order valence-corrected chi connectivity index (χ2v) is 5.22. The summed E-state index contributed by atoms with van der Waals surface area (Å²) in [6.07, 6.45) is 5.95. The van der Waals surface area contributed by atoms with Crippen molar-refractivity contribution >= 4 is 11.5 Å². The smallest absolute Gasteiger partial charge is 0.226 e. The van der Waals surface area contributed by atoms with Crippen LogP contribution >= 0.6 is 0 Å². The number of nitriles is 1. The minimum absolute atomic E-state index is 0.220. The average molecular weight is 268 g/mol. The van der Waals surface area contributed by atoms with E-state index in [1.807, 2.05) is 30.0 Å². The fourth-order valence-electron chi connectivity index (χ4n) is 2.44. The topological polar surface area (TPSA) is 44.1 Å². The maximum absolute atomic E-state index is 12.1. The number of carbonyl (C=O) groups excluding carboxylic acids is 1. The Balaban J connectivity index is 1.95. The van der Waals surface area contributed by atoms with E-state index in [4.69, 9.17) is 5.26 Å². The van der Waals surface area contributed by atoms with Gasteiger partial charge >= 0.3 is 0 Å². The van der Waals surface area contributed by atoms with Crippen LogP contribution in [0.2, 0.25) is 0 Å². The summed E-state index contributed by atoms with van der Waals surface area (Å²) in [4.78, 5) is 14.0. The van der Waals surface area contributed by atoms with Crippen LogP contribution in [0, 0.1) is 11.3 Å². The van der Waals surface area contributed by atoms with Crippen molar-refractivity contribution in [1.82, 2.24) is 4.90 Å². The fraction of sp³-hybridized carbons (Fsp3) is 0.412. The van der Waals surface area contributed by atoms with Gasteiger partial charge in [-0.25, -0.2) is 0 Å². The molecule has 0 N–H and O–H groups in total. The number of nitrogens with zero attached hydrogens (tertiary/aromatic N) is 2. The number of amides is 1. The van der Waals surface area contributed by atoms with Crippen molar-refractivity contribution in [2.45, 2.75) is 32.6 Å². The first-order valence-corrected chi connectivity index (χ1v) is 7.16. The molecule has 3 nitrogen and oxygen atoms in total. The first-order valence-electron chi connectivity index (χ1n) is 7.16. The summed E-state index contributed by atoms with van der Waals surface area (Å²) in [6.45, 7) is 3.82. The zero-order valence-corrected chi connectivity index (χ0v) is 11.9. The van der Waals surface area contributed by atoms with E-state index in [1.54, 1.807) is 12.1 Å². The van der Waals surface area contributed by atoms with E-state index in [2.05, 4.69) is 6.07 Å². The lowest BCUT2D eigenvalue weighted by Crippen LogP contribution is -2.35. The second kappa shape index (κ2) is 6.91. The molecule has 104 valence electrons. The van der Waals surface area contributed by atoms with Crippen LogP contribution in [-0.2, 0) is 4.79 Å². The average Bonchev–Trinajstić information content (AvgIpc) is 2.53. The Morgan fingerprint density at radius 1 is 1.25 bits per heavy atom. The van der Waals surface area contributed by atoms with E-state index in [-0.39, 0.29) is 5.91 Å². The lowest BCUT2D eigenvalue weighted by molar-refractivity contribution is -0.131. The molecule has 0 bridgehead atoms. The molecule has 0 aromatic heterocycles. The lowest BCUT2D eigenvalue weighted by Gasteiger charge is -2.26. The molecule has 0 spiro atoms. The van der Waals surface area contributed by atoms with Crippen molar-refractivity contribution in [3.63, 3.8) is 0 Å². The molecule has 1 fully saturated rings. The molecule has 0 radical (unpaired) electrons. The fourth-order valence-corrected chi connectivity index (χ4v) is 2.44. The molecule has 2 rings (SSSR count). The summed E-state index contributed by atoms with van der Waals surface area (Å²) in [5, 5.41) is 8.77. The van der Waals surface area contributed by atoms with Crippen molar-refractivity contribution < 1.29 is 4.79 Å². The number of hydrogen-bond acceptors (Lipinski definition) is 2. The van der Waals surface area contributed by atoms with Crippen LogP contribution in [0.15, 0.2) is 30.3 Å². The van der Waals surface area contributed by atoms with E-state index in [9.17, 15) is 4.79 Å². The van der Waals surface area contributed by atoms with Crippen molar-refractivity contribution in [1.29, 1.82) is 5.26 Å². The van der Waals surface area contributed by atoms with Gasteiger partial charge in [-0.2, -0.15) is 5.26 Å². The highest BCUT2D eigenvalue weighted by Crippen LogP contribution is 2.16. The molecule has 0 atom stereocenters. The number of allylic oxidation sites excluding steroid dienone is 1. The Labute approximate surface area is 120 Å². The zero-order valence-electron chi connectivity index (χ0n) is 11.9. The van der Waals surface area contributed by atoms with E-state index in [1.165, 1.54) is 6.42 Å². The molecule has 0 saturated carbocycles. The Morgan fingerprint density at radius 2 is 1.90 bits per heavy atom. The molecule has 20 heavy (non-hydrogen) atoms. The summed E-state index contributed by atoms with van der Waals surface area (Å²) in [5.41, 5.74) is 2.81. The van der Waals surface area contributed by atoms with Crippen molar-refractivity contribution in [2.75, 3.05) is 13.1 Å². The molecule has 1 aromatic carbocycles. The van der Waals surface area contributed by atoms with Gasteiger partial charge in [0.05, 0.1) is 11.6 Å². The summed E-state index contributed by atoms with van der Waals surface area (Å²) >= 11 is 0. The molecule has 3 heteroatoms. The first-order chi connectivity index (χ1) is 9.70. The highest BCUT2D eigenvalue weighted by Gasteiger charge is 2.14. The van der Waals surface area contributed by atoms with Crippen molar-refractivity contribution in [3.05, 3.63) is 41.5 Å². The van der Waals surface area contributed by atoms with Gasteiger partial charge in [-0.15, -0.1) is 0 Å². The molecule has 1 aliphatic rings. The van der Waals surface area contributed by atoms with Gasteiger partial charge in [0.1, 0.15) is 0 Å². The summed E-state index contributed by atoms with van der Waals surface area (Å²) in [5.74, 6) is 0.220. The van der Waals surface area contributed by atoms with Crippen molar-refractivity contribution in [3.8, 4) is 6.07 Å². The van der Waals surface area contributed by atoms with Crippen LogP contribution in [-0.4, -0.2) is 23.9 Å². The van der Waals surface area contributed by atoms with Gasteiger partial charge in [-0.05, 0) is 49.5 Å². The molecule has 0 unspecified atom stereocenters. The van der Waals surface area contributed by atoms with Crippen LogP contribution in [0.5, 0.6) is 0 Å². The van der Waals surface area contributed by atoms with E-state index >= 15 is 0 Å². The standard InChI is InChI=1S/C17H20N2O/c1-14(16-8-6-15(13-18)7-9-16)5-10-17(20)19-11-3-2-4-12-19/h5-9H,2-4,10-12H2,1H3/b14-5+. The Kier molecular flexibility index (Phi) is 4.95. The molecule has 1 aliphatic heterocycles. The number of piperidine rings is 1. The molecule has 1 saturated heterocycles. The third-order valence-electron chi connectivity index (χ3n) is 3.76. The monoisotopic (exact) mass is 268 g/mol. The maximum atomic E-state index is 12.1. The van der Waals surface area contributed by atoms with Crippen LogP contribution in [0.3, 0.4) is 0 Å². The van der Waals surface area contributed by atoms with Crippen LogP contribution in [0.25, 0.3) is 5.57 Å². The molecular formula is C17H20N2O. The van der Waals surface area contributed by atoms with Gasteiger partial charge in [0.25, 0.3) is 0 Å². The van der Waals surface area contributed by atoms with E-state index in [0.717, 1.165) is 37.1 Å². The van der Waals surface area contributed by atoms with Gasteiger partial charge in [-0.3, -0.25) is 4.79 Å². The van der Waals surface area contributed by atoms with Crippen molar-refractivity contribution in [2.24, 2.45) is 0 Å². The minimum Gasteiger partial charge on any atom is -0.342 e. The number of rotatable bonds is 3. The van der Waals surface area contributed by atoms with Crippen LogP contribution in [0.4, 0.5) is 0 Å². The van der Waals surface area contributed by atoms with E-state index < -0.39 is 0 Å². The predicted molar refractivity (Wildman–Crippen MR) is 79.9 cm³/mol. The van der Waals surface area contributed by atoms with Gasteiger partial charge in [-0.1, -0.05) is 18.2 Å². The third-order valence-corrected chi connectivity index (χ3v) is 3.76. The van der Waals surface area contributed by atoms with Gasteiger partial charge < -0.3 is 4.90 Å². The van der Waals surface area contributed by atoms with Gasteiger partial charge in [0, 0.05) is 19.5 Å². The SMILES string of the molecule is C/C(=C\CC(=O)N1CCCCC1)c1ccc(C#N)cc1. The molecule has 0 aliphatic carbocycles. The molecule has 1 amide bonds. The largest absolute Gasteiger partial charge is 0.342 e. The highest BCUT2D eigenvalue weighted by molar-refractivity contribution is 5.80. The quantitative estimate of drug-likeness (QED) is 0.843. The number of carbonyl (C=O) groups is 1. The summed E-state index contributed by atoms with van der Waals surface area (Å²) < 4.78 is 0.